The van der Waals surface area contributed by atoms with Crippen molar-refractivity contribution >= 4 is 6.09 Å². The van der Waals surface area contributed by atoms with E-state index in [4.69, 9.17) is 15.0 Å². The van der Waals surface area contributed by atoms with E-state index in [2.05, 4.69) is 10.0 Å². The molecule has 0 aliphatic carbocycles. The van der Waals surface area contributed by atoms with Gasteiger partial charge in [0.2, 0.25) is 4.91 Å². The molecule has 7 nitrogen and oxygen atoms in total. The molecule has 18 heavy (non-hydrogen) atoms. The van der Waals surface area contributed by atoms with E-state index in [0.717, 1.165) is 0 Å². The van der Waals surface area contributed by atoms with Gasteiger partial charge in [-0.1, -0.05) is 0 Å². The highest BCUT2D eigenvalue weighted by Gasteiger charge is 2.39. The van der Waals surface area contributed by atoms with Crippen LogP contribution in [0.15, 0.2) is 5.11 Å². The van der Waals surface area contributed by atoms with Crippen LogP contribution < -0.4 is 4.91 Å². The Balaban J connectivity index is 2.71. The molecule has 1 amide bonds. The van der Waals surface area contributed by atoms with Crippen LogP contribution >= 0.6 is 0 Å². The number of hydrogen-bond acceptors (Lipinski definition) is 5. The predicted molar refractivity (Wildman–Crippen MR) is 64.3 cm³/mol. The first-order valence-corrected chi connectivity index (χ1v) is 5.92. The second kappa shape index (κ2) is 5.93. The van der Waals surface area contributed by atoms with E-state index in [1.54, 1.807) is 12.0 Å². The molecule has 7 heteroatoms. The third-order valence-corrected chi connectivity index (χ3v) is 2.60. The first kappa shape index (κ1) is 14.6. The zero-order valence-electron chi connectivity index (χ0n) is 11.3. The zero-order chi connectivity index (χ0) is 13.8. The van der Waals surface area contributed by atoms with Gasteiger partial charge in [-0.2, -0.15) is 0 Å². The van der Waals surface area contributed by atoms with E-state index in [9.17, 15) is 4.79 Å². The highest BCUT2D eigenvalue weighted by Crippen LogP contribution is 2.23. The molecule has 0 radical (unpaired) electrons. The predicted octanol–water partition coefficient (Wildman–Crippen LogP) is 1.56. The van der Waals surface area contributed by atoms with Crippen molar-refractivity contribution in [1.82, 2.24) is 9.81 Å². The van der Waals surface area contributed by atoms with Crippen molar-refractivity contribution < 1.29 is 14.3 Å². The zero-order valence-corrected chi connectivity index (χ0v) is 11.3. The molecule has 1 aliphatic heterocycles. The summed E-state index contributed by atoms with van der Waals surface area (Å²) in [5, 5.41) is 3.77. The number of nitrogens with one attached hydrogen (secondary N) is 1. The number of carbonyl (C=O) groups excluding carboxylic acids is 1. The van der Waals surface area contributed by atoms with Crippen LogP contribution in [0.4, 0.5) is 4.79 Å². The van der Waals surface area contributed by atoms with E-state index < -0.39 is 5.60 Å². The molecule has 0 aromatic rings. The molecule has 1 rings (SSSR count). The number of rotatable bonds is 3. The number of ether oxygens (including phenoxy) is 2. The lowest BCUT2D eigenvalue weighted by Gasteiger charge is -2.27. The number of likely N-dealkylation sites (tertiary alicyclic amines) is 1. The molecule has 0 saturated carbocycles. The molecule has 0 spiro atoms. The fraction of sp³-hybridized carbons (Fsp3) is 0.909. The van der Waals surface area contributed by atoms with Crippen molar-refractivity contribution in [2.75, 3.05) is 20.3 Å². The maximum atomic E-state index is 12.0. The highest BCUT2D eigenvalue weighted by atomic mass is 16.6. The molecule has 0 bridgehead atoms. The summed E-state index contributed by atoms with van der Waals surface area (Å²) in [5.74, 6) is 0. The monoisotopic (exact) mass is 257 g/mol. The summed E-state index contributed by atoms with van der Waals surface area (Å²) in [6.45, 7) is 6.34. The Bertz CT molecular complexity index is 347. The fourth-order valence-corrected chi connectivity index (χ4v) is 1.95. The Hall–Kier alpha value is -1.46. The van der Waals surface area contributed by atoms with Crippen LogP contribution in [0, 0.1) is 5.53 Å². The number of amides is 1. The van der Waals surface area contributed by atoms with Gasteiger partial charge in [-0.3, -0.25) is 0 Å². The number of hydrogen-bond donors (Lipinski definition) is 1. The van der Waals surface area contributed by atoms with Crippen LogP contribution in [-0.4, -0.2) is 48.9 Å². The Morgan fingerprint density at radius 3 is 2.72 bits per heavy atom. The maximum Gasteiger partial charge on any atom is 0.410 e. The van der Waals surface area contributed by atoms with Crippen LogP contribution in [0.5, 0.6) is 0 Å². The van der Waals surface area contributed by atoms with Gasteiger partial charge < -0.3 is 14.4 Å². The minimum absolute atomic E-state index is 0.0691. The quantitative estimate of drug-likeness (QED) is 0.614. The third-order valence-electron chi connectivity index (χ3n) is 2.60. The van der Waals surface area contributed by atoms with Gasteiger partial charge in [0.25, 0.3) is 0 Å². The van der Waals surface area contributed by atoms with E-state index in [1.165, 1.54) is 0 Å². The highest BCUT2D eigenvalue weighted by molar-refractivity contribution is 5.69. The van der Waals surface area contributed by atoms with Gasteiger partial charge in [-0.15, -0.1) is 0 Å². The van der Waals surface area contributed by atoms with Gasteiger partial charge in [0, 0.05) is 13.5 Å². The first-order valence-electron chi connectivity index (χ1n) is 5.92. The minimum Gasteiger partial charge on any atom is -0.444 e. The SMILES string of the molecule is COC[C@@H]1C[C@H](N=[N+]=N)CN1C(=O)OC(C)(C)C. The summed E-state index contributed by atoms with van der Waals surface area (Å²) in [6.07, 6.45) is 0.280. The average Bonchev–Trinajstić information content (AvgIpc) is 2.60. The summed E-state index contributed by atoms with van der Waals surface area (Å²) in [6, 6.07) is -0.212. The van der Waals surface area contributed by atoms with Crippen molar-refractivity contribution in [1.29, 1.82) is 5.53 Å². The fourth-order valence-electron chi connectivity index (χ4n) is 1.95. The Labute approximate surface area is 107 Å². The molecule has 0 aromatic carbocycles. The lowest BCUT2D eigenvalue weighted by atomic mass is 10.2. The lowest BCUT2D eigenvalue weighted by Crippen LogP contribution is -2.41. The number of nitrogens with zero attached hydrogens (tertiary/aromatic N) is 3. The van der Waals surface area contributed by atoms with Crippen LogP contribution in [0.2, 0.25) is 0 Å². The Kier molecular flexibility index (Phi) is 4.81. The topological polar surface area (TPSA) is 89.1 Å². The van der Waals surface area contributed by atoms with Gasteiger partial charge in [0.15, 0.2) is 6.04 Å². The molecule has 1 N–H and O–H groups in total. The maximum absolute atomic E-state index is 12.0. The summed E-state index contributed by atoms with van der Waals surface area (Å²) in [5.41, 5.74) is 6.22. The second-order valence-corrected chi connectivity index (χ2v) is 5.35. The molecule has 2 atom stereocenters. The molecule has 1 heterocycles. The first-order chi connectivity index (χ1) is 8.37. The van der Waals surface area contributed by atoms with E-state index >= 15 is 0 Å². The Morgan fingerprint density at radius 2 is 2.22 bits per heavy atom. The van der Waals surface area contributed by atoms with Crippen molar-refractivity contribution in [2.24, 2.45) is 5.11 Å². The summed E-state index contributed by atoms with van der Waals surface area (Å²) in [4.78, 5) is 16.7. The van der Waals surface area contributed by atoms with Crippen molar-refractivity contribution in [3.8, 4) is 0 Å². The van der Waals surface area contributed by atoms with Crippen LogP contribution in [0.1, 0.15) is 27.2 Å². The van der Waals surface area contributed by atoms with Crippen LogP contribution in [0.3, 0.4) is 0 Å². The van der Waals surface area contributed by atoms with Crippen molar-refractivity contribution in [3.05, 3.63) is 0 Å². The van der Waals surface area contributed by atoms with Gasteiger partial charge in [-0.25, -0.2) is 4.79 Å². The molecule has 1 aliphatic rings. The summed E-state index contributed by atoms with van der Waals surface area (Å²) < 4.78 is 10.4. The average molecular weight is 257 g/mol. The normalized spacial score (nSPS) is 23.7. The lowest BCUT2D eigenvalue weighted by molar-refractivity contribution is 0.0147. The number of carbonyl (C=O) groups is 1. The molecular weight excluding hydrogens is 236 g/mol. The second-order valence-electron chi connectivity index (χ2n) is 5.35. The molecule has 0 unspecified atom stereocenters. The van der Waals surface area contributed by atoms with Gasteiger partial charge in [-0.05, 0) is 20.8 Å². The van der Waals surface area contributed by atoms with Gasteiger partial charge in [0.05, 0.1) is 19.2 Å². The standard InChI is InChI=1S/C11H21N4O3/c1-11(2,3)18-10(16)15-6-8(13-14-12)5-9(15)7-17-4/h8-9,12H,5-7H2,1-4H3/q+1/t8-,9-/m0/s1. The molecule has 1 saturated heterocycles. The van der Waals surface area contributed by atoms with Gasteiger partial charge >= 0.3 is 6.09 Å². The van der Waals surface area contributed by atoms with Gasteiger partial charge in [0.1, 0.15) is 16.2 Å². The van der Waals surface area contributed by atoms with E-state index in [0.29, 0.717) is 19.6 Å². The smallest absolute Gasteiger partial charge is 0.410 e. The van der Waals surface area contributed by atoms with Crippen molar-refractivity contribution in [3.63, 3.8) is 0 Å². The summed E-state index contributed by atoms with van der Waals surface area (Å²) in [7, 11) is 1.59. The van der Waals surface area contributed by atoms with E-state index in [1.807, 2.05) is 20.8 Å². The molecule has 0 aromatic heterocycles. The molecule has 1 fully saturated rings. The van der Waals surface area contributed by atoms with Crippen LogP contribution in [-0.2, 0) is 9.47 Å². The largest absolute Gasteiger partial charge is 0.444 e. The third kappa shape index (κ3) is 4.09. The summed E-state index contributed by atoms with van der Waals surface area (Å²) >= 11 is 0. The van der Waals surface area contributed by atoms with Crippen molar-refractivity contribution in [2.45, 2.75) is 44.9 Å². The van der Waals surface area contributed by atoms with Crippen LogP contribution in [0.25, 0.3) is 0 Å². The molecular formula is C11H21N4O3+. The van der Waals surface area contributed by atoms with E-state index in [-0.39, 0.29) is 18.2 Å². The molecule has 102 valence electrons. The number of methoxy groups -OCH3 is 1. The minimum atomic E-state index is -0.524. The Morgan fingerprint density at radius 1 is 1.56 bits per heavy atom.